The van der Waals surface area contributed by atoms with Crippen LogP contribution in [0, 0.1) is 12.8 Å². The summed E-state index contributed by atoms with van der Waals surface area (Å²) in [5, 5.41) is 12.7. The van der Waals surface area contributed by atoms with E-state index < -0.39 is 0 Å². The van der Waals surface area contributed by atoms with Crippen LogP contribution in [0.5, 0.6) is 0 Å². The quantitative estimate of drug-likeness (QED) is 0.877. The lowest BCUT2D eigenvalue weighted by molar-refractivity contribution is 0.0920. The number of carbonyl (C=O) groups excluding carboxylic acids is 1. The average Bonchev–Trinajstić information content (AvgIpc) is 2.99. The van der Waals surface area contributed by atoms with Crippen LogP contribution in [0.25, 0.3) is 0 Å². The van der Waals surface area contributed by atoms with E-state index in [9.17, 15) is 9.90 Å². The van der Waals surface area contributed by atoms with Crippen LogP contribution in [0.1, 0.15) is 21.5 Å². The maximum atomic E-state index is 12.3. The SMILES string of the molecule is Cc1ccc(CN2CC(CO)C(NC(=O)c3cccnc3)C2)cc1. The highest BCUT2D eigenvalue weighted by atomic mass is 16.3. The number of aliphatic hydroxyl groups is 1. The first kappa shape index (κ1) is 16.6. The highest BCUT2D eigenvalue weighted by Crippen LogP contribution is 2.20. The summed E-state index contributed by atoms with van der Waals surface area (Å²) >= 11 is 0. The molecule has 1 fully saturated rings. The average molecular weight is 325 g/mol. The Labute approximate surface area is 142 Å². The van der Waals surface area contributed by atoms with E-state index in [0.717, 1.165) is 19.6 Å². The molecule has 24 heavy (non-hydrogen) atoms. The van der Waals surface area contributed by atoms with Gasteiger partial charge in [-0.15, -0.1) is 0 Å². The Morgan fingerprint density at radius 1 is 1.29 bits per heavy atom. The van der Waals surface area contributed by atoms with E-state index in [1.807, 2.05) is 0 Å². The normalized spacial score (nSPS) is 20.9. The number of aryl methyl sites for hydroxylation is 1. The fourth-order valence-electron chi connectivity index (χ4n) is 3.14. The lowest BCUT2D eigenvalue weighted by Gasteiger charge is -2.18. The van der Waals surface area contributed by atoms with Crippen molar-refractivity contribution in [2.24, 2.45) is 5.92 Å². The molecule has 2 heterocycles. The monoisotopic (exact) mass is 325 g/mol. The Hall–Kier alpha value is -2.24. The smallest absolute Gasteiger partial charge is 0.253 e. The topological polar surface area (TPSA) is 65.5 Å². The van der Waals surface area contributed by atoms with Crippen molar-refractivity contribution in [1.82, 2.24) is 15.2 Å². The van der Waals surface area contributed by atoms with Gasteiger partial charge in [-0.25, -0.2) is 0 Å². The van der Waals surface area contributed by atoms with Crippen molar-refractivity contribution in [2.75, 3.05) is 19.7 Å². The van der Waals surface area contributed by atoms with E-state index in [1.54, 1.807) is 24.5 Å². The first-order valence-corrected chi connectivity index (χ1v) is 8.25. The second-order valence-corrected chi connectivity index (χ2v) is 6.44. The molecule has 0 radical (unpaired) electrons. The number of benzene rings is 1. The molecule has 2 N–H and O–H groups in total. The molecule has 1 aliphatic heterocycles. The molecule has 1 amide bonds. The van der Waals surface area contributed by atoms with Crippen LogP contribution in [0.4, 0.5) is 0 Å². The Kier molecular flexibility index (Phi) is 5.23. The molecule has 1 aromatic heterocycles. The summed E-state index contributed by atoms with van der Waals surface area (Å²) in [7, 11) is 0. The molecule has 0 saturated carbocycles. The molecule has 126 valence electrons. The molecule has 0 spiro atoms. The highest BCUT2D eigenvalue weighted by Gasteiger charge is 2.33. The number of rotatable bonds is 5. The van der Waals surface area contributed by atoms with E-state index in [0.29, 0.717) is 5.56 Å². The number of aliphatic hydroxyl groups excluding tert-OH is 1. The van der Waals surface area contributed by atoms with Crippen molar-refractivity contribution in [3.05, 3.63) is 65.5 Å². The highest BCUT2D eigenvalue weighted by molar-refractivity contribution is 5.94. The minimum atomic E-state index is -0.135. The zero-order valence-corrected chi connectivity index (χ0v) is 13.9. The standard InChI is InChI=1S/C19H23N3O2/c1-14-4-6-15(7-5-14)10-22-11-17(13-23)18(12-22)21-19(24)16-3-2-8-20-9-16/h2-9,17-18,23H,10-13H2,1H3,(H,21,24). The van der Waals surface area contributed by atoms with Crippen molar-refractivity contribution in [1.29, 1.82) is 0 Å². The molecule has 5 nitrogen and oxygen atoms in total. The number of hydrogen-bond donors (Lipinski definition) is 2. The van der Waals surface area contributed by atoms with Crippen molar-refractivity contribution < 1.29 is 9.90 Å². The molecule has 1 aromatic carbocycles. The van der Waals surface area contributed by atoms with Gasteiger partial charge >= 0.3 is 0 Å². The minimum Gasteiger partial charge on any atom is -0.396 e. The molecule has 2 atom stereocenters. The summed E-state index contributed by atoms with van der Waals surface area (Å²) in [4.78, 5) is 18.6. The number of nitrogens with zero attached hydrogens (tertiary/aromatic N) is 2. The third-order valence-corrected chi connectivity index (χ3v) is 4.52. The van der Waals surface area contributed by atoms with Crippen LogP contribution in [0.3, 0.4) is 0 Å². The van der Waals surface area contributed by atoms with Crippen LogP contribution in [-0.2, 0) is 6.54 Å². The number of nitrogens with one attached hydrogen (secondary N) is 1. The fraction of sp³-hybridized carbons (Fsp3) is 0.368. The van der Waals surface area contributed by atoms with Gasteiger partial charge < -0.3 is 10.4 Å². The first-order valence-electron chi connectivity index (χ1n) is 8.25. The lowest BCUT2D eigenvalue weighted by Crippen LogP contribution is -2.41. The van der Waals surface area contributed by atoms with Gasteiger partial charge in [-0.1, -0.05) is 29.8 Å². The number of amides is 1. The number of pyridine rings is 1. The molecule has 1 aliphatic rings. The maximum absolute atomic E-state index is 12.3. The molecule has 3 rings (SSSR count). The van der Waals surface area contributed by atoms with E-state index in [4.69, 9.17) is 0 Å². The van der Waals surface area contributed by atoms with Crippen LogP contribution in [0.2, 0.25) is 0 Å². The van der Waals surface area contributed by atoms with Crippen LogP contribution in [0.15, 0.2) is 48.8 Å². The molecule has 2 aromatic rings. The Balaban J connectivity index is 1.62. The van der Waals surface area contributed by atoms with Crippen LogP contribution < -0.4 is 5.32 Å². The molecular formula is C19H23N3O2. The summed E-state index contributed by atoms with van der Waals surface area (Å²) in [6, 6.07) is 11.9. The zero-order chi connectivity index (χ0) is 16.9. The Morgan fingerprint density at radius 2 is 2.08 bits per heavy atom. The van der Waals surface area contributed by atoms with E-state index >= 15 is 0 Å². The number of aromatic nitrogens is 1. The predicted octanol–water partition coefficient (Wildman–Crippen LogP) is 1.61. The van der Waals surface area contributed by atoms with Crippen molar-refractivity contribution in [3.8, 4) is 0 Å². The van der Waals surface area contributed by atoms with Crippen LogP contribution >= 0.6 is 0 Å². The number of carbonyl (C=O) groups is 1. The molecule has 1 saturated heterocycles. The summed E-state index contributed by atoms with van der Waals surface area (Å²) in [5.41, 5.74) is 3.04. The minimum absolute atomic E-state index is 0.0480. The van der Waals surface area contributed by atoms with Crippen molar-refractivity contribution in [3.63, 3.8) is 0 Å². The second kappa shape index (κ2) is 7.55. The van der Waals surface area contributed by atoms with Crippen molar-refractivity contribution in [2.45, 2.75) is 19.5 Å². The fourth-order valence-corrected chi connectivity index (χ4v) is 3.14. The molecule has 2 unspecified atom stereocenters. The van der Waals surface area contributed by atoms with E-state index in [-0.39, 0.29) is 24.5 Å². The third kappa shape index (κ3) is 3.99. The summed E-state index contributed by atoms with van der Waals surface area (Å²) in [6.07, 6.45) is 3.20. The molecule has 0 aliphatic carbocycles. The third-order valence-electron chi connectivity index (χ3n) is 4.52. The van der Waals surface area contributed by atoms with Crippen molar-refractivity contribution >= 4 is 5.91 Å². The first-order chi connectivity index (χ1) is 11.7. The predicted molar refractivity (Wildman–Crippen MR) is 92.5 cm³/mol. The van der Waals surface area contributed by atoms with Gasteiger partial charge in [-0.3, -0.25) is 14.7 Å². The summed E-state index contributed by atoms with van der Waals surface area (Å²) < 4.78 is 0. The largest absolute Gasteiger partial charge is 0.396 e. The van der Waals surface area contributed by atoms with Gasteiger partial charge in [0, 0.05) is 50.6 Å². The van der Waals surface area contributed by atoms with E-state index in [2.05, 4.69) is 46.4 Å². The van der Waals surface area contributed by atoms with Gasteiger partial charge in [0.15, 0.2) is 0 Å². The van der Waals surface area contributed by atoms with Gasteiger partial charge in [0.05, 0.1) is 5.56 Å². The second-order valence-electron chi connectivity index (χ2n) is 6.44. The zero-order valence-electron chi connectivity index (χ0n) is 13.9. The number of likely N-dealkylation sites (tertiary alicyclic amines) is 1. The Morgan fingerprint density at radius 3 is 2.75 bits per heavy atom. The molecular weight excluding hydrogens is 302 g/mol. The lowest BCUT2D eigenvalue weighted by atomic mass is 10.0. The van der Waals surface area contributed by atoms with Gasteiger partial charge in [0.1, 0.15) is 0 Å². The maximum Gasteiger partial charge on any atom is 0.253 e. The van der Waals surface area contributed by atoms with Gasteiger partial charge in [-0.05, 0) is 24.6 Å². The molecule has 5 heteroatoms. The summed E-state index contributed by atoms with van der Waals surface area (Å²) in [6.45, 7) is 4.50. The summed E-state index contributed by atoms with van der Waals surface area (Å²) in [5.74, 6) is -0.0835. The van der Waals surface area contributed by atoms with Gasteiger partial charge in [0.2, 0.25) is 0 Å². The Bertz CT molecular complexity index is 673. The van der Waals surface area contributed by atoms with Gasteiger partial charge in [0.25, 0.3) is 5.91 Å². The van der Waals surface area contributed by atoms with Gasteiger partial charge in [-0.2, -0.15) is 0 Å². The molecule has 0 bridgehead atoms. The van der Waals surface area contributed by atoms with E-state index in [1.165, 1.54) is 11.1 Å². The number of hydrogen-bond acceptors (Lipinski definition) is 4. The van der Waals surface area contributed by atoms with Crippen LogP contribution in [-0.4, -0.2) is 46.6 Å².